The Bertz CT molecular complexity index is 1440. The number of hydrogen-bond donors (Lipinski definition) is 3. The summed E-state index contributed by atoms with van der Waals surface area (Å²) < 4.78 is 43.6. The zero-order valence-electron chi connectivity index (χ0n) is 21.2. The Hall–Kier alpha value is -4.07. The molecule has 5 nitrogen and oxygen atoms in total. The van der Waals surface area contributed by atoms with E-state index >= 15 is 0 Å². The van der Waals surface area contributed by atoms with Crippen molar-refractivity contribution in [2.45, 2.75) is 44.9 Å². The predicted octanol–water partition coefficient (Wildman–Crippen LogP) is 6.81. The van der Waals surface area contributed by atoms with E-state index in [2.05, 4.69) is 10.3 Å². The third-order valence-electron chi connectivity index (χ3n) is 6.72. The van der Waals surface area contributed by atoms with Crippen molar-refractivity contribution in [3.8, 4) is 0 Å². The summed E-state index contributed by atoms with van der Waals surface area (Å²) in [5.74, 6) is -3.95. The van der Waals surface area contributed by atoms with Crippen molar-refractivity contribution in [3.63, 3.8) is 0 Å². The first-order valence-corrected chi connectivity index (χ1v) is 12.5. The van der Waals surface area contributed by atoms with Gasteiger partial charge in [0.15, 0.2) is 0 Å². The molecule has 4 aromatic rings. The second-order valence-electron chi connectivity index (χ2n) is 9.51. The lowest BCUT2D eigenvalue weighted by Gasteiger charge is -2.28. The van der Waals surface area contributed by atoms with Crippen LogP contribution in [0, 0.1) is 24.4 Å². The Morgan fingerprint density at radius 2 is 1.66 bits per heavy atom. The van der Waals surface area contributed by atoms with Crippen molar-refractivity contribution in [1.29, 1.82) is 0 Å². The Morgan fingerprint density at radius 1 is 0.974 bits per heavy atom. The number of carbonyl (C=O) groups excluding carboxylic acids is 1. The zero-order valence-corrected chi connectivity index (χ0v) is 21.2. The van der Waals surface area contributed by atoms with Crippen molar-refractivity contribution >= 4 is 22.8 Å². The quantitative estimate of drug-likeness (QED) is 0.214. The van der Waals surface area contributed by atoms with Crippen molar-refractivity contribution in [1.82, 2.24) is 10.3 Å². The molecule has 3 N–H and O–H groups in total. The molecule has 0 aliphatic carbocycles. The Labute approximate surface area is 218 Å². The topological polar surface area (TPSA) is 82.2 Å². The third kappa shape index (κ3) is 5.90. The molecule has 8 heteroatoms. The second kappa shape index (κ2) is 11.5. The summed E-state index contributed by atoms with van der Waals surface area (Å²) in [6.45, 7) is 3.82. The summed E-state index contributed by atoms with van der Waals surface area (Å²) in [4.78, 5) is 26.2. The lowest BCUT2D eigenvalue weighted by atomic mass is 9.75. The number of aromatic amines is 1. The number of H-pyrrole nitrogens is 1. The first kappa shape index (κ1) is 27.0. The molecule has 1 heterocycles. The normalized spacial score (nSPS) is 12.9. The zero-order chi connectivity index (χ0) is 27.4. The number of aromatic nitrogens is 1. The van der Waals surface area contributed by atoms with Crippen LogP contribution in [0.15, 0.2) is 60.8 Å². The van der Waals surface area contributed by atoms with E-state index in [1.807, 2.05) is 13.0 Å². The van der Waals surface area contributed by atoms with Gasteiger partial charge in [-0.2, -0.15) is 0 Å². The molecule has 0 radical (unpaired) electrons. The Balaban J connectivity index is 1.79. The summed E-state index contributed by atoms with van der Waals surface area (Å²) in [5.41, 5.74) is 3.43. The minimum Gasteiger partial charge on any atom is -0.481 e. The molecule has 38 heavy (non-hydrogen) atoms. The minimum atomic E-state index is -1.00. The average Bonchev–Trinajstić information content (AvgIpc) is 3.27. The van der Waals surface area contributed by atoms with Gasteiger partial charge in [-0.05, 0) is 77.9 Å². The summed E-state index contributed by atoms with van der Waals surface area (Å²) in [5, 5.41) is 12.0. The number of carboxylic acids is 1. The van der Waals surface area contributed by atoms with E-state index in [1.54, 1.807) is 37.4 Å². The lowest BCUT2D eigenvalue weighted by Crippen LogP contribution is -2.26. The number of rotatable bonds is 10. The Morgan fingerprint density at radius 3 is 2.29 bits per heavy atom. The van der Waals surface area contributed by atoms with E-state index in [0.717, 1.165) is 29.2 Å². The molecule has 0 aliphatic heterocycles. The molecule has 1 amide bonds. The maximum atomic E-state index is 14.8. The van der Waals surface area contributed by atoms with E-state index in [4.69, 9.17) is 5.11 Å². The van der Waals surface area contributed by atoms with Crippen LogP contribution in [0.25, 0.3) is 10.9 Å². The number of hydrogen-bond acceptors (Lipinski definition) is 2. The Kier molecular flexibility index (Phi) is 8.20. The van der Waals surface area contributed by atoms with Crippen molar-refractivity contribution in [2.24, 2.45) is 0 Å². The number of aliphatic carboxylic acids is 1. The van der Waals surface area contributed by atoms with E-state index in [1.165, 1.54) is 18.2 Å². The van der Waals surface area contributed by atoms with Crippen molar-refractivity contribution < 1.29 is 27.9 Å². The molecular formula is C30H29F3N2O3. The largest absolute Gasteiger partial charge is 0.481 e. The van der Waals surface area contributed by atoms with Gasteiger partial charge in [-0.25, -0.2) is 13.2 Å². The molecule has 198 valence electrons. The lowest BCUT2D eigenvalue weighted by molar-refractivity contribution is -0.136. The summed E-state index contributed by atoms with van der Waals surface area (Å²) in [7, 11) is 0. The second-order valence-corrected chi connectivity index (χ2v) is 9.51. The number of halogens is 3. The summed E-state index contributed by atoms with van der Waals surface area (Å²) in [6.07, 6.45) is 2.95. The molecule has 1 aromatic heterocycles. The first-order valence-electron chi connectivity index (χ1n) is 12.5. The number of aryl methyl sites for hydroxylation is 1. The van der Waals surface area contributed by atoms with Gasteiger partial charge in [-0.15, -0.1) is 0 Å². The number of benzene rings is 3. The van der Waals surface area contributed by atoms with E-state index < -0.39 is 35.2 Å². The number of fused-ring (bicyclic) bond motifs is 1. The van der Waals surface area contributed by atoms with Crippen LogP contribution in [0.1, 0.15) is 70.6 Å². The van der Waals surface area contributed by atoms with E-state index in [9.17, 15) is 22.8 Å². The van der Waals surface area contributed by atoms with Gasteiger partial charge in [0.05, 0.1) is 11.9 Å². The van der Waals surface area contributed by atoms with Gasteiger partial charge in [-0.1, -0.05) is 25.5 Å². The molecule has 0 saturated heterocycles. The van der Waals surface area contributed by atoms with Gasteiger partial charge in [0, 0.05) is 35.7 Å². The minimum absolute atomic E-state index is 0.0120. The molecule has 0 spiro atoms. The van der Waals surface area contributed by atoms with E-state index in [-0.39, 0.29) is 18.9 Å². The fourth-order valence-electron chi connectivity index (χ4n) is 5.09. The average molecular weight is 523 g/mol. The number of carboxylic acid groups (broad SMARTS) is 1. The molecule has 0 fully saturated rings. The third-order valence-corrected chi connectivity index (χ3v) is 6.72. The van der Waals surface area contributed by atoms with Gasteiger partial charge >= 0.3 is 5.97 Å². The van der Waals surface area contributed by atoms with Crippen LogP contribution in [0.3, 0.4) is 0 Å². The van der Waals surface area contributed by atoms with Crippen LogP contribution in [0.2, 0.25) is 0 Å². The van der Waals surface area contributed by atoms with Crippen LogP contribution < -0.4 is 5.32 Å². The standard InChI is InChI=1S/C30H29F3N2O3/c1-3-4-23(18-5-7-19(8-6-18)30(38)34-10-9-27(36)37)28(20-13-21(31)15-22(32)14-20)25-16-35-29-24(25)11-17(2)12-26(29)33/h5-8,11-16,23,28,35H,3-4,9-10H2,1-2H3,(H,34,38)(H,36,37). The number of carbonyl (C=O) groups is 2. The number of nitrogens with one attached hydrogen (secondary N) is 2. The van der Waals surface area contributed by atoms with Crippen LogP contribution in [-0.4, -0.2) is 28.5 Å². The smallest absolute Gasteiger partial charge is 0.305 e. The molecule has 3 aromatic carbocycles. The highest BCUT2D eigenvalue weighted by Crippen LogP contribution is 2.44. The maximum absolute atomic E-state index is 14.8. The molecule has 0 saturated carbocycles. The molecule has 0 aliphatic rings. The highest BCUT2D eigenvalue weighted by Gasteiger charge is 2.30. The number of amides is 1. The van der Waals surface area contributed by atoms with Gasteiger partial charge in [0.1, 0.15) is 17.5 Å². The molecule has 2 atom stereocenters. The van der Waals surface area contributed by atoms with Crippen molar-refractivity contribution in [2.75, 3.05) is 6.54 Å². The van der Waals surface area contributed by atoms with Gasteiger partial charge < -0.3 is 15.4 Å². The molecular weight excluding hydrogens is 493 g/mol. The molecule has 4 rings (SSSR count). The van der Waals surface area contributed by atoms with Gasteiger partial charge in [0.2, 0.25) is 0 Å². The van der Waals surface area contributed by atoms with Gasteiger partial charge in [-0.3, -0.25) is 9.59 Å². The maximum Gasteiger partial charge on any atom is 0.305 e. The fourth-order valence-corrected chi connectivity index (χ4v) is 5.09. The highest BCUT2D eigenvalue weighted by molar-refractivity contribution is 5.94. The van der Waals surface area contributed by atoms with Crippen LogP contribution >= 0.6 is 0 Å². The van der Waals surface area contributed by atoms with Crippen LogP contribution in [-0.2, 0) is 4.79 Å². The molecule has 0 bridgehead atoms. The molecule has 2 unspecified atom stereocenters. The van der Waals surface area contributed by atoms with Gasteiger partial charge in [0.25, 0.3) is 5.91 Å². The first-order chi connectivity index (χ1) is 18.2. The SMILES string of the molecule is CCCC(c1ccc(C(=O)NCCC(=O)O)cc1)C(c1cc(F)cc(F)c1)c1c[nH]c2c(F)cc(C)cc12. The predicted molar refractivity (Wildman–Crippen MR) is 140 cm³/mol. The van der Waals surface area contributed by atoms with Crippen LogP contribution in [0.4, 0.5) is 13.2 Å². The van der Waals surface area contributed by atoms with E-state index in [0.29, 0.717) is 28.5 Å². The highest BCUT2D eigenvalue weighted by atomic mass is 19.1. The van der Waals surface area contributed by atoms with Crippen LogP contribution in [0.5, 0.6) is 0 Å². The summed E-state index contributed by atoms with van der Waals surface area (Å²) >= 11 is 0. The monoisotopic (exact) mass is 522 g/mol. The fraction of sp³-hybridized carbons (Fsp3) is 0.267. The summed E-state index contributed by atoms with van der Waals surface area (Å²) in [6, 6.07) is 13.6. The van der Waals surface area contributed by atoms with Crippen molar-refractivity contribution in [3.05, 3.63) is 106 Å².